The van der Waals surface area contributed by atoms with E-state index in [2.05, 4.69) is 15.9 Å². The molecule has 0 atom stereocenters. The highest BCUT2D eigenvalue weighted by molar-refractivity contribution is 9.10. The summed E-state index contributed by atoms with van der Waals surface area (Å²) in [4.78, 5) is 11.8. The fraction of sp³-hybridized carbons (Fsp3) is 0.273. The molecular weight excluding hydrogens is 438 g/mol. The largest absolute Gasteiger partial charge is 0.493 e. The third kappa shape index (κ3) is 6.26. The normalized spacial score (nSPS) is 10.8. The summed E-state index contributed by atoms with van der Waals surface area (Å²) in [7, 11) is 1.52. The van der Waals surface area contributed by atoms with Crippen LogP contribution >= 0.6 is 15.9 Å². The van der Waals surface area contributed by atoms with E-state index in [1.165, 1.54) is 13.2 Å². The maximum absolute atomic E-state index is 11.8. The molecule has 7 heteroatoms. The van der Waals surface area contributed by atoms with Crippen LogP contribution in [0, 0.1) is 18.3 Å². The summed E-state index contributed by atoms with van der Waals surface area (Å²) in [5.41, 5.74) is 1.56. The van der Waals surface area contributed by atoms with Crippen molar-refractivity contribution in [1.29, 1.82) is 5.26 Å². The van der Waals surface area contributed by atoms with Crippen molar-refractivity contribution in [3.05, 3.63) is 57.6 Å². The number of ether oxygens (including phenoxy) is 4. The molecule has 2 aromatic carbocycles. The minimum atomic E-state index is -0.668. The fourth-order valence-electron chi connectivity index (χ4n) is 2.49. The number of hydrogen-bond donors (Lipinski definition) is 0. The molecule has 0 radical (unpaired) electrons. The van der Waals surface area contributed by atoms with E-state index in [-0.39, 0.29) is 12.2 Å². The standard InChI is InChI=1S/C22H22BrNO5/c1-4-27-22(25)17(14-24)11-16-12-18(23)21(20(13-16)26-3)29-10-9-28-19-8-6-5-7-15(19)2/h5-8,11-13H,4,9-10H2,1-3H3. The lowest BCUT2D eigenvalue weighted by atomic mass is 10.1. The average molecular weight is 460 g/mol. The van der Waals surface area contributed by atoms with Gasteiger partial charge in [-0.25, -0.2) is 4.79 Å². The Morgan fingerprint density at radius 1 is 1.17 bits per heavy atom. The van der Waals surface area contributed by atoms with E-state index in [4.69, 9.17) is 18.9 Å². The lowest BCUT2D eigenvalue weighted by molar-refractivity contribution is -0.137. The number of benzene rings is 2. The number of nitriles is 1. The van der Waals surface area contributed by atoms with Crippen LogP contribution in [0.3, 0.4) is 0 Å². The second-order valence-electron chi connectivity index (χ2n) is 5.89. The summed E-state index contributed by atoms with van der Waals surface area (Å²) < 4.78 is 22.5. The van der Waals surface area contributed by atoms with Crippen LogP contribution in [0.4, 0.5) is 0 Å². The Morgan fingerprint density at radius 2 is 1.90 bits per heavy atom. The number of esters is 1. The van der Waals surface area contributed by atoms with Gasteiger partial charge in [-0.05, 0) is 65.2 Å². The van der Waals surface area contributed by atoms with Crippen molar-refractivity contribution in [2.75, 3.05) is 26.9 Å². The molecule has 0 aromatic heterocycles. The van der Waals surface area contributed by atoms with Gasteiger partial charge in [0.05, 0.1) is 18.2 Å². The molecule has 0 aliphatic rings. The molecule has 0 fully saturated rings. The minimum Gasteiger partial charge on any atom is -0.493 e. The molecule has 0 aliphatic heterocycles. The van der Waals surface area contributed by atoms with E-state index in [0.717, 1.165) is 11.3 Å². The summed E-state index contributed by atoms with van der Waals surface area (Å²) in [6.07, 6.45) is 1.44. The highest BCUT2D eigenvalue weighted by atomic mass is 79.9. The van der Waals surface area contributed by atoms with Gasteiger partial charge in [0.15, 0.2) is 11.5 Å². The average Bonchev–Trinajstić information content (AvgIpc) is 2.71. The molecule has 2 aromatic rings. The summed E-state index contributed by atoms with van der Waals surface area (Å²) >= 11 is 3.45. The predicted octanol–water partition coefficient (Wildman–Crippen LogP) is 4.69. The van der Waals surface area contributed by atoms with Crippen molar-refractivity contribution in [2.45, 2.75) is 13.8 Å². The van der Waals surface area contributed by atoms with Gasteiger partial charge in [0.25, 0.3) is 0 Å². The van der Waals surface area contributed by atoms with Crippen molar-refractivity contribution >= 4 is 28.0 Å². The number of aryl methyl sites for hydroxylation is 1. The second-order valence-corrected chi connectivity index (χ2v) is 6.74. The van der Waals surface area contributed by atoms with E-state index in [0.29, 0.717) is 34.7 Å². The number of rotatable bonds is 9. The molecule has 0 saturated heterocycles. The SMILES string of the molecule is CCOC(=O)C(C#N)=Cc1cc(Br)c(OCCOc2ccccc2C)c(OC)c1. The summed E-state index contributed by atoms with van der Waals surface area (Å²) in [6, 6.07) is 13.0. The molecule has 0 saturated carbocycles. The lowest BCUT2D eigenvalue weighted by Gasteiger charge is -2.14. The molecule has 0 bridgehead atoms. The topological polar surface area (TPSA) is 77.8 Å². The second kappa shape index (κ2) is 11.1. The van der Waals surface area contributed by atoms with Gasteiger partial charge in [-0.2, -0.15) is 5.26 Å². The van der Waals surface area contributed by atoms with Crippen molar-refractivity contribution in [2.24, 2.45) is 0 Å². The van der Waals surface area contributed by atoms with Crippen LogP contribution in [0.2, 0.25) is 0 Å². The third-order valence-electron chi connectivity index (χ3n) is 3.86. The van der Waals surface area contributed by atoms with Gasteiger partial charge in [-0.1, -0.05) is 18.2 Å². The van der Waals surface area contributed by atoms with E-state index in [1.54, 1.807) is 19.1 Å². The highest BCUT2D eigenvalue weighted by Crippen LogP contribution is 2.37. The van der Waals surface area contributed by atoms with Crippen LogP contribution in [-0.2, 0) is 9.53 Å². The first-order valence-electron chi connectivity index (χ1n) is 8.97. The number of methoxy groups -OCH3 is 1. The number of halogens is 1. The Labute approximate surface area is 178 Å². The van der Waals surface area contributed by atoms with Gasteiger partial charge in [-0.3, -0.25) is 0 Å². The van der Waals surface area contributed by atoms with Crippen molar-refractivity contribution in [3.8, 4) is 23.3 Å². The van der Waals surface area contributed by atoms with E-state index >= 15 is 0 Å². The zero-order valence-electron chi connectivity index (χ0n) is 16.5. The molecule has 0 amide bonds. The van der Waals surface area contributed by atoms with E-state index in [1.807, 2.05) is 37.3 Å². The van der Waals surface area contributed by atoms with Gasteiger partial charge in [0, 0.05) is 0 Å². The minimum absolute atomic E-state index is 0.0962. The smallest absolute Gasteiger partial charge is 0.348 e. The third-order valence-corrected chi connectivity index (χ3v) is 4.45. The first-order valence-corrected chi connectivity index (χ1v) is 9.77. The Balaban J connectivity index is 2.11. The van der Waals surface area contributed by atoms with Crippen LogP contribution < -0.4 is 14.2 Å². The fourth-order valence-corrected chi connectivity index (χ4v) is 3.06. The van der Waals surface area contributed by atoms with Gasteiger partial charge in [0.2, 0.25) is 0 Å². The van der Waals surface area contributed by atoms with E-state index < -0.39 is 5.97 Å². The first-order chi connectivity index (χ1) is 14.0. The molecule has 6 nitrogen and oxygen atoms in total. The quantitative estimate of drug-likeness (QED) is 0.234. The molecule has 0 unspecified atom stereocenters. The molecule has 152 valence electrons. The molecule has 0 spiro atoms. The highest BCUT2D eigenvalue weighted by Gasteiger charge is 2.14. The first kappa shape index (κ1) is 22.3. The molecule has 0 aliphatic carbocycles. The molecule has 29 heavy (non-hydrogen) atoms. The van der Waals surface area contributed by atoms with Crippen LogP contribution in [0.15, 0.2) is 46.4 Å². The van der Waals surface area contributed by atoms with Crippen LogP contribution in [0.1, 0.15) is 18.1 Å². The van der Waals surface area contributed by atoms with Gasteiger partial charge < -0.3 is 18.9 Å². The zero-order valence-corrected chi connectivity index (χ0v) is 18.1. The maximum atomic E-state index is 11.8. The lowest BCUT2D eigenvalue weighted by Crippen LogP contribution is -2.10. The van der Waals surface area contributed by atoms with Gasteiger partial charge in [0.1, 0.15) is 30.6 Å². The number of hydrogen-bond acceptors (Lipinski definition) is 6. The predicted molar refractivity (Wildman–Crippen MR) is 113 cm³/mol. The Hall–Kier alpha value is -2.98. The van der Waals surface area contributed by atoms with Gasteiger partial charge in [-0.15, -0.1) is 0 Å². The Morgan fingerprint density at radius 3 is 2.55 bits per heavy atom. The number of para-hydroxylation sites is 1. The number of carbonyl (C=O) groups excluding carboxylic acids is 1. The maximum Gasteiger partial charge on any atom is 0.348 e. The summed E-state index contributed by atoms with van der Waals surface area (Å²) in [5.74, 6) is 1.11. The van der Waals surface area contributed by atoms with E-state index in [9.17, 15) is 10.1 Å². The van der Waals surface area contributed by atoms with Crippen molar-refractivity contribution < 1.29 is 23.7 Å². The van der Waals surface area contributed by atoms with Crippen LogP contribution in [-0.4, -0.2) is 32.9 Å². The molecular formula is C22H22BrNO5. The zero-order chi connectivity index (χ0) is 21.2. The molecule has 0 N–H and O–H groups in total. The van der Waals surface area contributed by atoms with Gasteiger partial charge >= 0.3 is 5.97 Å². The van der Waals surface area contributed by atoms with Crippen molar-refractivity contribution in [3.63, 3.8) is 0 Å². The Kier molecular flexibility index (Phi) is 8.56. The number of nitrogens with zero attached hydrogens (tertiary/aromatic N) is 1. The Bertz CT molecular complexity index is 933. The molecule has 2 rings (SSSR count). The van der Waals surface area contributed by atoms with Crippen LogP contribution in [0.25, 0.3) is 6.08 Å². The van der Waals surface area contributed by atoms with Crippen molar-refractivity contribution in [1.82, 2.24) is 0 Å². The monoisotopic (exact) mass is 459 g/mol. The molecule has 0 heterocycles. The summed E-state index contributed by atoms with van der Waals surface area (Å²) in [6.45, 7) is 4.53. The summed E-state index contributed by atoms with van der Waals surface area (Å²) in [5, 5.41) is 9.19. The number of carbonyl (C=O) groups is 1. The van der Waals surface area contributed by atoms with Crippen LogP contribution in [0.5, 0.6) is 17.2 Å².